The molecule has 0 amide bonds. The van der Waals surface area contributed by atoms with Crippen molar-refractivity contribution in [3.8, 4) is 0 Å². The van der Waals surface area contributed by atoms with Gasteiger partial charge >= 0.3 is 0 Å². The molecule has 2 N–H and O–H groups in total. The van der Waals surface area contributed by atoms with Crippen LogP contribution in [0.25, 0.3) is 0 Å². The van der Waals surface area contributed by atoms with Crippen molar-refractivity contribution < 1.29 is 13.9 Å². The van der Waals surface area contributed by atoms with Crippen LogP contribution in [0.15, 0.2) is 27.8 Å². The molecule has 2 aliphatic heterocycles. The Labute approximate surface area is 204 Å². The number of nitrogens with zero attached hydrogens (tertiary/aromatic N) is 2. The number of guanidine groups is 1. The maximum atomic E-state index is 5.87. The van der Waals surface area contributed by atoms with Crippen LogP contribution in [0.2, 0.25) is 0 Å². The van der Waals surface area contributed by atoms with Crippen molar-refractivity contribution in [3.63, 3.8) is 0 Å². The molecule has 0 spiro atoms. The van der Waals surface area contributed by atoms with E-state index in [0.29, 0.717) is 12.5 Å². The summed E-state index contributed by atoms with van der Waals surface area (Å²) in [5.41, 5.74) is 0. The number of rotatable bonds is 11. The molecule has 31 heavy (non-hydrogen) atoms. The first-order valence-corrected chi connectivity index (χ1v) is 11.8. The van der Waals surface area contributed by atoms with E-state index in [2.05, 4.69) is 28.5 Å². The number of halogens is 1. The van der Waals surface area contributed by atoms with Crippen molar-refractivity contribution in [2.75, 3.05) is 59.2 Å². The normalized spacial score (nSPS) is 19.6. The standard InChI is InChI=1S/C23H40N4O3.HI/c1-2-24-23(25-11-7-14-29-19-20-9-16-28-17-10-20)26-18-21(22-8-6-15-30-22)27-12-4-3-5-13-27;/h6,8,15,20-21H,2-5,7,9-14,16-19H2,1H3,(H2,24,25,26);1H. The number of hydrogen-bond donors (Lipinski definition) is 2. The number of aliphatic imine (C=N–C) groups is 1. The Hall–Kier alpha value is -0.840. The third-order valence-electron chi connectivity index (χ3n) is 5.92. The first-order chi connectivity index (χ1) is 14.9. The van der Waals surface area contributed by atoms with E-state index in [4.69, 9.17) is 18.9 Å². The number of likely N-dealkylation sites (tertiary alicyclic amines) is 1. The Morgan fingerprint density at radius 1 is 1.23 bits per heavy atom. The smallest absolute Gasteiger partial charge is 0.191 e. The van der Waals surface area contributed by atoms with Gasteiger partial charge in [0.15, 0.2) is 5.96 Å². The highest BCUT2D eigenvalue weighted by Gasteiger charge is 2.24. The molecule has 2 aliphatic rings. The maximum Gasteiger partial charge on any atom is 0.191 e. The number of piperidine rings is 1. The van der Waals surface area contributed by atoms with Gasteiger partial charge < -0.3 is 24.5 Å². The Balaban J connectivity index is 0.00000341. The van der Waals surface area contributed by atoms with Crippen LogP contribution in [0, 0.1) is 5.92 Å². The van der Waals surface area contributed by atoms with Crippen molar-refractivity contribution in [1.82, 2.24) is 15.5 Å². The topological polar surface area (TPSA) is 71.3 Å². The van der Waals surface area contributed by atoms with Crippen molar-refractivity contribution in [3.05, 3.63) is 24.2 Å². The quantitative estimate of drug-likeness (QED) is 0.190. The molecule has 8 heteroatoms. The average molecular weight is 549 g/mol. The minimum atomic E-state index is 0. The molecule has 0 aliphatic carbocycles. The van der Waals surface area contributed by atoms with E-state index in [-0.39, 0.29) is 30.0 Å². The fourth-order valence-corrected chi connectivity index (χ4v) is 4.16. The summed E-state index contributed by atoms with van der Waals surface area (Å²) in [6.07, 6.45) is 8.83. The number of furan rings is 1. The van der Waals surface area contributed by atoms with E-state index in [1.807, 2.05) is 6.07 Å². The molecule has 178 valence electrons. The van der Waals surface area contributed by atoms with Gasteiger partial charge in [-0.3, -0.25) is 9.89 Å². The Bertz CT molecular complexity index is 588. The van der Waals surface area contributed by atoms with E-state index in [9.17, 15) is 0 Å². The van der Waals surface area contributed by atoms with E-state index in [1.165, 1.54) is 19.3 Å². The molecule has 0 radical (unpaired) electrons. The zero-order valence-electron chi connectivity index (χ0n) is 19.0. The number of ether oxygens (including phenoxy) is 2. The summed E-state index contributed by atoms with van der Waals surface area (Å²) in [4.78, 5) is 7.39. The summed E-state index contributed by atoms with van der Waals surface area (Å²) in [6, 6.07) is 4.25. The Morgan fingerprint density at radius 2 is 2.03 bits per heavy atom. The van der Waals surface area contributed by atoms with Gasteiger partial charge in [-0.05, 0) is 70.2 Å². The molecule has 1 unspecified atom stereocenters. The lowest BCUT2D eigenvalue weighted by Crippen LogP contribution is -2.40. The molecule has 0 aromatic carbocycles. The molecule has 1 aromatic rings. The summed E-state index contributed by atoms with van der Waals surface area (Å²) in [7, 11) is 0. The lowest BCUT2D eigenvalue weighted by molar-refractivity contribution is 0.0203. The van der Waals surface area contributed by atoms with Gasteiger partial charge in [0.25, 0.3) is 0 Å². The second-order valence-electron chi connectivity index (χ2n) is 8.26. The predicted molar refractivity (Wildman–Crippen MR) is 135 cm³/mol. The van der Waals surface area contributed by atoms with E-state index in [1.54, 1.807) is 6.26 Å². The minimum Gasteiger partial charge on any atom is -0.468 e. The molecule has 1 atom stereocenters. The van der Waals surface area contributed by atoms with Crippen molar-refractivity contribution in [2.24, 2.45) is 10.9 Å². The molecular weight excluding hydrogens is 507 g/mol. The van der Waals surface area contributed by atoms with Crippen LogP contribution >= 0.6 is 24.0 Å². The zero-order valence-corrected chi connectivity index (χ0v) is 21.4. The molecule has 7 nitrogen and oxygen atoms in total. The Morgan fingerprint density at radius 3 is 2.74 bits per heavy atom. The largest absolute Gasteiger partial charge is 0.468 e. The van der Waals surface area contributed by atoms with E-state index < -0.39 is 0 Å². The van der Waals surface area contributed by atoms with E-state index >= 15 is 0 Å². The summed E-state index contributed by atoms with van der Waals surface area (Å²) >= 11 is 0. The van der Waals surface area contributed by atoms with Crippen LogP contribution < -0.4 is 10.6 Å². The molecule has 3 rings (SSSR count). The number of hydrogen-bond acceptors (Lipinski definition) is 5. The van der Waals surface area contributed by atoms with Crippen LogP contribution in [0.1, 0.15) is 57.3 Å². The van der Waals surface area contributed by atoms with Gasteiger partial charge in [0.05, 0.1) is 18.8 Å². The maximum absolute atomic E-state index is 5.87. The van der Waals surface area contributed by atoms with Gasteiger partial charge in [0.1, 0.15) is 5.76 Å². The van der Waals surface area contributed by atoms with Gasteiger partial charge in [-0.1, -0.05) is 6.42 Å². The second kappa shape index (κ2) is 15.9. The number of nitrogens with one attached hydrogen (secondary N) is 2. The van der Waals surface area contributed by atoms with E-state index in [0.717, 1.165) is 83.6 Å². The first kappa shape index (κ1) is 26.4. The van der Waals surface area contributed by atoms with Crippen molar-refractivity contribution in [2.45, 2.75) is 51.5 Å². The van der Waals surface area contributed by atoms with Gasteiger partial charge in [-0.15, -0.1) is 24.0 Å². The highest BCUT2D eigenvalue weighted by Crippen LogP contribution is 2.25. The molecule has 3 heterocycles. The average Bonchev–Trinajstić information content (AvgIpc) is 3.32. The molecule has 2 fully saturated rings. The van der Waals surface area contributed by atoms with Crippen LogP contribution in [-0.4, -0.2) is 70.0 Å². The summed E-state index contributed by atoms with van der Waals surface area (Å²) in [6.45, 7) is 10.2. The summed E-state index contributed by atoms with van der Waals surface area (Å²) < 4.78 is 17.0. The summed E-state index contributed by atoms with van der Waals surface area (Å²) in [5, 5.41) is 6.82. The Kier molecular flexibility index (Phi) is 13.5. The SMILES string of the molecule is CCNC(=NCC(c1ccco1)N1CCCCC1)NCCCOCC1CCOCC1.I. The van der Waals surface area contributed by atoms with Crippen LogP contribution in [0.5, 0.6) is 0 Å². The lowest BCUT2D eigenvalue weighted by Gasteiger charge is -2.32. The molecule has 0 saturated carbocycles. The van der Waals surface area contributed by atoms with Gasteiger partial charge in [-0.25, -0.2) is 0 Å². The third kappa shape index (κ3) is 9.67. The van der Waals surface area contributed by atoms with Crippen molar-refractivity contribution in [1.29, 1.82) is 0 Å². The first-order valence-electron chi connectivity index (χ1n) is 11.8. The van der Waals surface area contributed by atoms with Crippen LogP contribution in [0.4, 0.5) is 0 Å². The summed E-state index contributed by atoms with van der Waals surface area (Å²) in [5.74, 6) is 2.55. The fraction of sp³-hybridized carbons (Fsp3) is 0.783. The molecular formula is C23H41IN4O3. The molecule has 1 aromatic heterocycles. The highest BCUT2D eigenvalue weighted by molar-refractivity contribution is 14.0. The van der Waals surface area contributed by atoms with Crippen molar-refractivity contribution >= 4 is 29.9 Å². The minimum absolute atomic E-state index is 0. The lowest BCUT2D eigenvalue weighted by atomic mass is 10.0. The fourth-order valence-electron chi connectivity index (χ4n) is 4.16. The van der Waals surface area contributed by atoms with Gasteiger partial charge in [0, 0.05) is 39.5 Å². The third-order valence-corrected chi connectivity index (χ3v) is 5.92. The second-order valence-corrected chi connectivity index (χ2v) is 8.26. The van der Waals surface area contributed by atoms with Gasteiger partial charge in [0.2, 0.25) is 0 Å². The van der Waals surface area contributed by atoms with Crippen LogP contribution in [-0.2, 0) is 9.47 Å². The molecule has 2 saturated heterocycles. The van der Waals surface area contributed by atoms with Crippen LogP contribution in [0.3, 0.4) is 0 Å². The predicted octanol–water partition coefficient (Wildman–Crippen LogP) is 3.81. The molecule has 0 bridgehead atoms. The highest BCUT2D eigenvalue weighted by atomic mass is 127. The van der Waals surface area contributed by atoms with Gasteiger partial charge in [-0.2, -0.15) is 0 Å². The monoisotopic (exact) mass is 548 g/mol. The zero-order chi connectivity index (χ0) is 20.9.